The van der Waals surface area contributed by atoms with Crippen LogP contribution in [0.5, 0.6) is 11.5 Å². The molecule has 0 heterocycles. The minimum absolute atomic E-state index is 0.180. The monoisotopic (exact) mass is 361 g/mol. The molecule has 6 heteroatoms. The number of rotatable bonds is 9. The van der Waals surface area contributed by atoms with Crippen LogP contribution >= 0.6 is 0 Å². The van der Waals surface area contributed by atoms with Gasteiger partial charge in [-0.1, -0.05) is 18.2 Å². The quantitative estimate of drug-likeness (QED) is 0.718. The standard InChI is InChI=1S/C20H25FN2O3/c1-23(12-10-15-8-9-18(25-2)19(14-15)26-3)13-11-20(24)22-17-7-5-4-6-16(17)21/h4-9,14H,10-13H2,1-3H3,(H,22,24)/p+1. The number of ether oxygens (including phenoxy) is 2. The molecule has 0 bridgehead atoms. The van der Waals surface area contributed by atoms with Crippen LogP contribution in [-0.4, -0.2) is 40.3 Å². The Kier molecular flexibility index (Phi) is 7.41. The van der Waals surface area contributed by atoms with E-state index in [1.165, 1.54) is 11.0 Å². The van der Waals surface area contributed by atoms with Crippen molar-refractivity contribution in [3.05, 3.63) is 53.8 Å². The van der Waals surface area contributed by atoms with E-state index in [0.29, 0.717) is 24.5 Å². The second-order valence-corrected chi connectivity index (χ2v) is 6.17. The molecule has 0 aromatic heterocycles. The predicted molar refractivity (Wildman–Crippen MR) is 99.5 cm³/mol. The smallest absolute Gasteiger partial charge is 0.230 e. The Labute approximate surface area is 153 Å². The lowest BCUT2D eigenvalue weighted by Gasteiger charge is -2.15. The molecule has 0 aliphatic rings. The lowest BCUT2D eigenvalue weighted by Crippen LogP contribution is -3.09. The average molecular weight is 361 g/mol. The summed E-state index contributed by atoms with van der Waals surface area (Å²) in [6, 6.07) is 12.1. The fourth-order valence-corrected chi connectivity index (χ4v) is 2.62. The molecule has 0 spiro atoms. The number of hydrogen-bond donors (Lipinski definition) is 2. The zero-order chi connectivity index (χ0) is 18.9. The van der Waals surface area contributed by atoms with Crippen molar-refractivity contribution in [1.29, 1.82) is 0 Å². The SMILES string of the molecule is COc1ccc(CC[NH+](C)CCC(=O)Nc2ccccc2F)cc1OC. The van der Waals surface area contributed by atoms with Crippen molar-refractivity contribution in [3.8, 4) is 11.5 Å². The van der Waals surface area contributed by atoms with Crippen LogP contribution in [0.25, 0.3) is 0 Å². The summed E-state index contributed by atoms with van der Waals surface area (Å²) in [6.45, 7) is 1.55. The number of carbonyl (C=O) groups excluding carboxylic acids is 1. The highest BCUT2D eigenvalue weighted by molar-refractivity contribution is 5.90. The van der Waals surface area contributed by atoms with E-state index >= 15 is 0 Å². The van der Waals surface area contributed by atoms with E-state index in [1.807, 2.05) is 25.2 Å². The van der Waals surface area contributed by atoms with E-state index in [4.69, 9.17) is 9.47 Å². The van der Waals surface area contributed by atoms with Gasteiger partial charge in [0.15, 0.2) is 11.5 Å². The van der Waals surface area contributed by atoms with Crippen LogP contribution < -0.4 is 19.7 Å². The van der Waals surface area contributed by atoms with Gasteiger partial charge >= 0.3 is 0 Å². The van der Waals surface area contributed by atoms with Gasteiger partial charge in [0.1, 0.15) is 5.82 Å². The van der Waals surface area contributed by atoms with E-state index in [-0.39, 0.29) is 11.6 Å². The molecule has 0 radical (unpaired) electrons. The maximum atomic E-state index is 13.5. The van der Waals surface area contributed by atoms with E-state index < -0.39 is 5.82 Å². The maximum absolute atomic E-state index is 13.5. The molecule has 0 fully saturated rings. The Morgan fingerprint density at radius 2 is 1.81 bits per heavy atom. The molecule has 0 aliphatic heterocycles. The zero-order valence-corrected chi connectivity index (χ0v) is 15.5. The van der Waals surface area contributed by atoms with Crippen LogP contribution in [0.15, 0.2) is 42.5 Å². The van der Waals surface area contributed by atoms with Crippen LogP contribution in [-0.2, 0) is 11.2 Å². The van der Waals surface area contributed by atoms with Crippen LogP contribution in [0.2, 0.25) is 0 Å². The van der Waals surface area contributed by atoms with Crippen molar-refractivity contribution >= 4 is 11.6 Å². The van der Waals surface area contributed by atoms with Crippen molar-refractivity contribution in [2.45, 2.75) is 12.8 Å². The minimum Gasteiger partial charge on any atom is -0.493 e. The van der Waals surface area contributed by atoms with Crippen molar-refractivity contribution in [3.63, 3.8) is 0 Å². The summed E-state index contributed by atoms with van der Waals surface area (Å²) >= 11 is 0. The molecule has 5 nitrogen and oxygen atoms in total. The normalized spacial score (nSPS) is 11.7. The highest BCUT2D eigenvalue weighted by Gasteiger charge is 2.11. The number of halogens is 1. The summed E-state index contributed by atoms with van der Waals surface area (Å²) in [5.74, 6) is 0.823. The molecule has 1 unspecified atom stereocenters. The molecule has 2 aromatic rings. The van der Waals surface area contributed by atoms with Crippen LogP contribution in [0.4, 0.5) is 10.1 Å². The molecular formula is C20H26FN2O3+. The van der Waals surface area contributed by atoms with Crippen LogP contribution in [0.3, 0.4) is 0 Å². The molecular weight excluding hydrogens is 335 g/mol. The minimum atomic E-state index is -0.421. The largest absolute Gasteiger partial charge is 0.493 e. The van der Waals surface area contributed by atoms with Gasteiger partial charge < -0.3 is 19.7 Å². The lowest BCUT2D eigenvalue weighted by atomic mass is 10.1. The third-order valence-corrected chi connectivity index (χ3v) is 4.22. The van der Waals surface area contributed by atoms with Gasteiger partial charge in [0.05, 0.1) is 46.5 Å². The topological polar surface area (TPSA) is 52.0 Å². The van der Waals surface area contributed by atoms with Gasteiger partial charge in [0, 0.05) is 6.42 Å². The highest BCUT2D eigenvalue weighted by Crippen LogP contribution is 2.27. The lowest BCUT2D eigenvalue weighted by molar-refractivity contribution is -0.878. The van der Waals surface area contributed by atoms with Crippen molar-refractivity contribution in [1.82, 2.24) is 0 Å². The molecule has 140 valence electrons. The molecule has 1 atom stereocenters. The number of quaternary nitrogens is 1. The molecule has 0 aliphatic carbocycles. The van der Waals surface area contributed by atoms with Crippen molar-refractivity contribution < 1.29 is 23.6 Å². The summed E-state index contributed by atoms with van der Waals surface area (Å²) in [5.41, 5.74) is 1.37. The number of benzene rings is 2. The predicted octanol–water partition coefficient (Wildman–Crippen LogP) is 1.93. The van der Waals surface area contributed by atoms with Gasteiger partial charge in [-0.3, -0.25) is 4.79 Å². The van der Waals surface area contributed by atoms with E-state index in [0.717, 1.165) is 18.5 Å². The summed E-state index contributed by atoms with van der Waals surface area (Å²) in [5, 5.41) is 2.61. The molecule has 2 rings (SSSR count). The van der Waals surface area contributed by atoms with E-state index in [2.05, 4.69) is 5.32 Å². The van der Waals surface area contributed by atoms with Crippen molar-refractivity contribution in [2.75, 3.05) is 39.7 Å². The van der Waals surface area contributed by atoms with Crippen molar-refractivity contribution in [2.24, 2.45) is 0 Å². The van der Waals surface area contributed by atoms with Gasteiger partial charge in [-0.2, -0.15) is 0 Å². The van der Waals surface area contributed by atoms with Crippen LogP contribution in [0.1, 0.15) is 12.0 Å². The summed E-state index contributed by atoms with van der Waals surface area (Å²) in [7, 11) is 5.27. The first kappa shape index (κ1) is 19.7. The summed E-state index contributed by atoms with van der Waals surface area (Å²) in [6.07, 6.45) is 1.20. The Morgan fingerprint density at radius 3 is 2.50 bits per heavy atom. The summed E-state index contributed by atoms with van der Waals surface area (Å²) in [4.78, 5) is 13.2. The molecule has 26 heavy (non-hydrogen) atoms. The van der Waals surface area contributed by atoms with Gasteiger partial charge in [-0.05, 0) is 29.8 Å². The van der Waals surface area contributed by atoms with Crippen LogP contribution in [0, 0.1) is 5.82 Å². The number of methoxy groups -OCH3 is 2. The number of para-hydroxylation sites is 1. The fraction of sp³-hybridized carbons (Fsp3) is 0.350. The molecule has 2 aromatic carbocycles. The summed E-state index contributed by atoms with van der Waals surface area (Å²) < 4.78 is 24.1. The Bertz CT molecular complexity index is 737. The Morgan fingerprint density at radius 1 is 1.08 bits per heavy atom. The number of carbonyl (C=O) groups is 1. The van der Waals surface area contributed by atoms with E-state index in [1.54, 1.807) is 32.4 Å². The number of hydrogen-bond acceptors (Lipinski definition) is 3. The van der Waals surface area contributed by atoms with Gasteiger partial charge in [-0.15, -0.1) is 0 Å². The first-order valence-electron chi connectivity index (χ1n) is 8.60. The average Bonchev–Trinajstić information content (AvgIpc) is 2.66. The molecule has 0 saturated carbocycles. The second-order valence-electron chi connectivity index (χ2n) is 6.17. The fourth-order valence-electron chi connectivity index (χ4n) is 2.62. The van der Waals surface area contributed by atoms with E-state index in [9.17, 15) is 9.18 Å². The first-order valence-corrected chi connectivity index (χ1v) is 8.60. The Hall–Kier alpha value is -2.60. The third kappa shape index (κ3) is 5.74. The van der Waals surface area contributed by atoms with Gasteiger partial charge in [0.25, 0.3) is 0 Å². The van der Waals surface area contributed by atoms with Gasteiger partial charge in [0.2, 0.25) is 5.91 Å². The molecule has 0 saturated heterocycles. The highest BCUT2D eigenvalue weighted by atomic mass is 19.1. The number of anilines is 1. The molecule has 2 N–H and O–H groups in total. The number of nitrogens with one attached hydrogen (secondary N) is 2. The first-order chi connectivity index (χ1) is 12.5. The van der Waals surface area contributed by atoms with Gasteiger partial charge in [-0.25, -0.2) is 4.39 Å². The Balaban J connectivity index is 1.77. The maximum Gasteiger partial charge on any atom is 0.230 e. The molecule has 1 amide bonds. The number of amides is 1. The zero-order valence-electron chi connectivity index (χ0n) is 15.5. The number of likely N-dealkylation sites (N-methyl/N-ethyl adjacent to an activating group) is 1. The third-order valence-electron chi connectivity index (χ3n) is 4.22. The second kappa shape index (κ2) is 9.77.